The molecule has 1 aliphatic rings. The van der Waals surface area contributed by atoms with E-state index in [-0.39, 0.29) is 17.3 Å². The average molecular weight is 194 g/mol. The molecule has 14 heavy (non-hydrogen) atoms. The van der Waals surface area contributed by atoms with E-state index in [1.165, 1.54) is 19.3 Å². The van der Waals surface area contributed by atoms with E-state index in [0.29, 0.717) is 12.0 Å². The maximum Gasteiger partial charge on any atom is 0.220 e. The van der Waals surface area contributed by atoms with Gasteiger partial charge in [-0.25, -0.2) is 0 Å². The number of methoxy groups -OCH3 is 1. The molecule has 0 aromatic carbocycles. The number of hydrogen-bond donors (Lipinski definition) is 0. The molecule has 0 atom stereocenters. The SMILES string of the molecule is CCCCC1=C(OC)C(=O)C=CC1=O. The van der Waals surface area contributed by atoms with Gasteiger partial charge in [0.2, 0.25) is 5.78 Å². The first-order valence-electron chi connectivity index (χ1n) is 4.74. The lowest BCUT2D eigenvalue weighted by Crippen LogP contribution is -2.15. The largest absolute Gasteiger partial charge is 0.492 e. The van der Waals surface area contributed by atoms with Crippen molar-refractivity contribution in [3.8, 4) is 0 Å². The van der Waals surface area contributed by atoms with Crippen LogP contribution in [0.3, 0.4) is 0 Å². The molecule has 0 saturated heterocycles. The van der Waals surface area contributed by atoms with Crippen LogP contribution in [0.15, 0.2) is 23.5 Å². The zero-order chi connectivity index (χ0) is 10.6. The number of ether oxygens (including phenoxy) is 1. The molecule has 0 unspecified atom stereocenters. The summed E-state index contributed by atoms with van der Waals surface area (Å²) in [6.45, 7) is 2.04. The number of ketones is 2. The lowest BCUT2D eigenvalue weighted by Gasteiger charge is -2.12. The van der Waals surface area contributed by atoms with E-state index >= 15 is 0 Å². The molecule has 0 fully saturated rings. The van der Waals surface area contributed by atoms with Crippen molar-refractivity contribution in [2.75, 3.05) is 7.11 Å². The Labute approximate surface area is 83.4 Å². The van der Waals surface area contributed by atoms with Gasteiger partial charge >= 0.3 is 0 Å². The van der Waals surface area contributed by atoms with Crippen LogP contribution >= 0.6 is 0 Å². The summed E-state index contributed by atoms with van der Waals surface area (Å²) in [4.78, 5) is 22.8. The lowest BCUT2D eigenvalue weighted by molar-refractivity contribution is -0.117. The molecule has 3 heteroatoms. The Kier molecular flexibility index (Phi) is 3.63. The van der Waals surface area contributed by atoms with E-state index in [9.17, 15) is 9.59 Å². The summed E-state index contributed by atoms with van der Waals surface area (Å²) < 4.78 is 4.94. The van der Waals surface area contributed by atoms with Crippen LogP contribution in [0.5, 0.6) is 0 Å². The number of hydrogen-bond acceptors (Lipinski definition) is 3. The van der Waals surface area contributed by atoms with Crippen molar-refractivity contribution in [2.45, 2.75) is 26.2 Å². The monoisotopic (exact) mass is 194 g/mol. The third-order valence-electron chi connectivity index (χ3n) is 2.17. The lowest BCUT2D eigenvalue weighted by atomic mass is 9.97. The number of unbranched alkanes of at least 4 members (excludes halogenated alkanes) is 1. The van der Waals surface area contributed by atoms with Crippen LogP contribution in [0, 0.1) is 0 Å². The Morgan fingerprint density at radius 1 is 1.21 bits per heavy atom. The van der Waals surface area contributed by atoms with Crippen LogP contribution in [0.2, 0.25) is 0 Å². The summed E-state index contributed by atoms with van der Waals surface area (Å²) in [6.07, 6.45) is 5.09. The second kappa shape index (κ2) is 4.74. The fraction of sp³-hybridized carbons (Fsp3) is 0.455. The Hall–Kier alpha value is -1.38. The van der Waals surface area contributed by atoms with E-state index in [1.807, 2.05) is 6.92 Å². The van der Waals surface area contributed by atoms with E-state index in [1.54, 1.807) is 0 Å². The van der Waals surface area contributed by atoms with Crippen LogP contribution in [0.1, 0.15) is 26.2 Å². The van der Waals surface area contributed by atoms with E-state index in [2.05, 4.69) is 0 Å². The maximum absolute atomic E-state index is 11.4. The van der Waals surface area contributed by atoms with Gasteiger partial charge in [-0.2, -0.15) is 0 Å². The second-order valence-electron chi connectivity index (χ2n) is 3.18. The Morgan fingerprint density at radius 3 is 2.43 bits per heavy atom. The molecule has 1 aliphatic carbocycles. The first kappa shape index (κ1) is 10.7. The van der Waals surface area contributed by atoms with Crippen molar-refractivity contribution in [3.05, 3.63) is 23.5 Å². The molecule has 0 saturated carbocycles. The molecule has 0 spiro atoms. The molecule has 0 N–H and O–H groups in total. The minimum Gasteiger partial charge on any atom is -0.492 e. The first-order chi connectivity index (χ1) is 6.70. The highest BCUT2D eigenvalue weighted by atomic mass is 16.5. The summed E-state index contributed by atoms with van der Waals surface area (Å²) in [5, 5.41) is 0. The highest BCUT2D eigenvalue weighted by molar-refractivity contribution is 6.19. The molecule has 0 radical (unpaired) electrons. The summed E-state index contributed by atoms with van der Waals surface area (Å²) >= 11 is 0. The van der Waals surface area contributed by atoms with Gasteiger partial charge in [-0.15, -0.1) is 0 Å². The minimum atomic E-state index is -0.210. The van der Waals surface area contributed by atoms with Crippen molar-refractivity contribution in [2.24, 2.45) is 0 Å². The topological polar surface area (TPSA) is 43.4 Å². The predicted molar refractivity (Wildman–Crippen MR) is 52.7 cm³/mol. The summed E-state index contributed by atoms with van der Waals surface area (Å²) in [6, 6.07) is 0. The highest BCUT2D eigenvalue weighted by Gasteiger charge is 2.22. The Balaban J connectivity index is 2.91. The standard InChI is InChI=1S/C11H14O3/c1-3-4-5-8-9(12)6-7-10(13)11(8)14-2/h6-7H,3-5H2,1-2H3. The molecular formula is C11H14O3. The van der Waals surface area contributed by atoms with Crippen molar-refractivity contribution in [1.29, 1.82) is 0 Å². The summed E-state index contributed by atoms with van der Waals surface area (Å²) in [7, 11) is 1.42. The van der Waals surface area contributed by atoms with Crippen LogP contribution in [-0.4, -0.2) is 18.7 Å². The molecule has 0 bridgehead atoms. The fourth-order valence-electron chi connectivity index (χ4n) is 1.40. The average Bonchev–Trinajstić information content (AvgIpc) is 2.19. The maximum atomic E-state index is 11.4. The highest BCUT2D eigenvalue weighted by Crippen LogP contribution is 2.19. The number of allylic oxidation sites excluding steroid dienone is 3. The Morgan fingerprint density at radius 2 is 1.86 bits per heavy atom. The molecule has 1 rings (SSSR count). The van der Waals surface area contributed by atoms with Crippen molar-refractivity contribution in [3.63, 3.8) is 0 Å². The molecule has 0 aliphatic heterocycles. The van der Waals surface area contributed by atoms with Crippen molar-refractivity contribution < 1.29 is 14.3 Å². The van der Waals surface area contributed by atoms with Crippen LogP contribution < -0.4 is 0 Å². The van der Waals surface area contributed by atoms with Gasteiger partial charge in [-0.1, -0.05) is 13.3 Å². The quantitative estimate of drug-likeness (QED) is 0.641. The van der Waals surface area contributed by atoms with Crippen molar-refractivity contribution >= 4 is 11.6 Å². The van der Waals surface area contributed by atoms with Crippen LogP contribution in [-0.2, 0) is 14.3 Å². The van der Waals surface area contributed by atoms with Gasteiger partial charge in [0.1, 0.15) is 0 Å². The fourth-order valence-corrected chi connectivity index (χ4v) is 1.40. The van der Waals surface area contributed by atoms with Gasteiger partial charge in [0.15, 0.2) is 11.5 Å². The molecular weight excluding hydrogens is 180 g/mol. The van der Waals surface area contributed by atoms with Crippen molar-refractivity contribution in [1.82, 2.24) is 0 Å². The zero-order valence-corrected chi connectivity index (χ0v) is 8.50. The number of carbonyl (C=O) groups excluding carboxylic acids is 2. The Bertz CT molecular complexity index is 310. The van der Waals surface area contributed by atoms with Crippen LogP contribution in [0.25, 0.3) is 0 Å². The number of rotatable bonds is 4. The normalized spacial score (nSPS) is 16.4. The number of carbonyl (C=O) groups is 2. The first-order valence-corrected chi connectivity index (χ1v) is 4.74. The summed E-state index contributed by atoms with van der Waals surface area (Å²) in [5.41, 5.74) is 0.516. The smallest absolute Gasteiger partial charge is 0.220 e. The van der Waals surface area contributed by atoms with Crippen LogP contribution in [0.4, 0.5) is 0 Å². The van der Waals surface area contributed by atoms with Gasteiger partial charge in [0.05, 0.1) is 7.11 Å². The molecule has 0 aromatic rings. The molecule has 76 valence electrons. The van der Waals surface area contributed by atoms with Gasteiger partial charge in [0.25, 0.3) is 0 Å². The molecule has 0 amide bonds. The third-order valence-corrected chi connectivity index (χ3v) is 2.17. The van der Waals surface area contributed by atoms with Gasteiger partial charge in [-0.3, -0.25) is 9.59 Å². The van der Waals surface area contributed by atoms with Gasteiger partial charge in [-0.05, 0) is 25.0 Å². The molecule has 3 nitrogen and oxygen atoms in total. The second-order valence-corrected chi connectivity index (χ2v) is 3.18. The van der Waals surface area contributed by atoms with E-state index in [0.717, 1.165) is 12.8 Å². The summed E-state index contributed by atoms with van der Waals surface area (Å²) in [5.74, 6) is -0.0981. The zero-order valence-electron chi connectivity index (χ0n) is 8.50. The molecule has 0 aromatic heterocycles. The van der Waals surface area contributed by atoms with Gasteiger partial charge in [0, 0.05) is 5.57 Å². The third kappa shape index (κ3) is 2.10. The molecule has 0 heterocycles. The van der Waals surface area contributed by atoms with Gasteiger partial charge < -0.3 is 4.74 Å². The van der Waals surface area contributed by atoms with E-state index < -0.39 is 0 Å². The minimum absolute atomic E-state index is 0.102. The predicted octanol–water partition coefficient (Wildman–Crippen LogP) is 1.79. The van der Waals surface area contributed by atoms with E-state index in [4.69, 9.17) is 4.74 Å².